The number of nitrogens with zero attached hydrogens (tertiary/aromatic N) is 2. The lowest BCUT2D eigenvalue weighted by molar-refractivity contribution is -0.274. The van der Waals surface area contributed by atoms with Crippen LogP contribution in [0.3, 0.4) is 0 Å². The maximum Gasteiger partial charge on any atom is 0.573 e. The second kappa shape index (κ2) is 5.18. The van der Waals surface area contributed by atoms with Gasteiger partial charge < -0.3 is 4.74 Å². The second-order valence-corrected chi connectivity index (χ2v) is 4.48. The van der Waals surface area contributed by atoms with Crippen LogP contribution < -0.4 is 10.3 Å². The number of halogens is 3. The third-order valence-electron chi connectivity index (χ3n) is 3.00. The molecule has 0 aliphatic heterocycles. The number of hydrogen-bond acceptors (Lipinski definition) is 3. The molecule has 0 aliphatic rings. The summed E-state index contributed by atoms with van der Waals surface area (Å²) < 4.78 is 41.9. The van der Waals surface area contributed by atoms with Crippen molar-refractivity contribution in [1.29, 1.82) is 0 Å². The first-order chi connectivity index (χ1) is 10.4. The van der Waals surface area contributed by atoms with Gasteiger partial charge in [0.15, 0.2) is 0 Å². The van der Waals surface area contributed by atoms with E-state index in [1.54, 1.807) is 30.3 Å². The molecule has 0 atom stereocenters. The first-order valence-corrected chi connectivity index (χ1v) is 6.27. The van der Waals surface area contributed by atoms with Gasteiger partial charge in [-0.05, 0) is 30.3 Å². The van der Waals surface area contributed by atoms with E-state index in [0.717, 1.165) is 12.1 Å². The Kier molecular flexibility index (Phi) is 3.32. The zero-order valence-corrected chi connectivity index (χ0v) is 11.0. The topological polar surface area (TPSA) is 44.1 Å². The molecule has 0 radical (unpaired) electrons. The summed E-state index contributed by atoms with van der Waals surface area (Å²) in [4.78, 5) is 16.5. The van der Waals surface area contributed by atoms with Gasteiger partial charge in [-0.1, -0.05) is 18.2 Å². The number of benzene rings is 2. The summed E-state index contributed by atoms with van der Waals surface area (Å²) in [6.07, 6.45) is -3.47. The Morgan fingerprint density at radius 2 is 1.77 bits per heavy atom. The Hall–Kier alpha value is -2.83. The summed E-state index contributed by atoms with van der Waals surface area (Å²) in [5, 5.41) is 0.0492. The zero-order chi connectivity index (χ0) is 15.7. The molecular weight excluding hydrogens is 297 g/mol. The molecule has 1 heterocycles. The third kappa shape index (κ3) is 2.78. The summed E-state index contributed by atoms with van der Waals surface area (Å²) in [7, 11) is 0. The first-order valence-electron chi connectivity index (χ1n) is 6.27. The van der Waals surface area contributed by atoms with Crippen molar-refractivity contribution in [2.45, 2.75) is 6.36 Å². The van der Waals surface area contributed by atoms with Crippen molar-refractivity contribution < 1.29 is 17.9 Å². The lowest BCUT2D eigenvalue weighted by atomic mass is 10.2. The largest absolute Gasteiger partial charge is 0.573 e. The molecule has 0 N–H and O–H groups in total. The standard InChI is InChI=1S/C15H9F3N2O2/c16-15(17,18)22-11-6-7-13-12(8-11)14(21)20(9-19-13)10-4-2-1-3-5-10/h1-9H. The van der Waals surface area contributed by atoms with Gasteiger partial charge in [-0.15, -0.1) is 13.2 Å². The van der Waals surface area contributed by atoms with Crippen LogP contribution in [0.25, 0.3) is 16.6 Å². The van der Waals surface area contributed by atoms with E-state index in [2.05, 4.69) is 9.72 Å². The third-order valence-corrected chi connectivity index (χ3v) is 3.00. The maximum atomic E-state index is 12.4. The lowest BCUT2D eigenvalue weighted by Crippen LogP contribution is -2.20. The Morgan fingerprint density at radius 3 is 2.45 bits per heavy atom. The lowest BCUT2D eigenvalue weighted by Gasteiger charge is -2.10. The van der Waals surface area contributed by atoms with Crippen molar-refractivity contribution >= 4 is 10.9 Å². The molecule has 22 heavy (non-hydrogen) atoms. The van der Waals surface area contributed by atoms with Crippen LogP contribution in [0.5, 0.6) is 5.75 Å². The van der Waals surface area contributed by atoms with Crippen molar-refractivity contribution in [2.75, 3.05) is 0 Å². The maximum absolute atomic E-state index is 12.4. The van der Waals surface area contributed by atoms with Crippen LogP contribution >= 0.6 is 0 Å². The molecule has 0 fully saturated rings. The minimum Gasteiger partial charge on any atom is -0.406 e. The van der Waals surface area contributed by atoms with Crippen LogP contribution in [-0.2, 0) is 0 Å². The van der Waals surface area contributed by atoms with Gasteiger partial charge in [0.05, 0.1) is 16.6 Å². The molecule has 0 spiro atoms. The molecule has 0 aliphatic carbocycles. The minimum atomic E-state index is -4.81. The van der Waals surface area contributed by atoms with E-state index in [0.29, 0.717) is 11.2 Å². The molecule has 112 valence electrons. The zero-order valence-electron chi connectivity index (χ0n) is 11.0. The van der Waals surface area contributed by atoms with E-state index in [4.69, 9.17) is 0 Å². The normalized spacial score (nSPS) is 11.6. The van der Waals surface area contributed by atoms with Gasteiger partial charge in [0.2, 0.25) is 0 Å². The Morgan fingerprint density at radius 1 is 1.05 bits per heavy atom. The first kappa shape index (κ1) is 14.1. The number of hydrogen-bond donors (Lipinski definition) is 0. The van der Waals surface area contributed by atoms with Crippen LogP contribution in [0.15, 0.2) is 59.7 Å². The molecule has 2 aromatic carbocycles. The number of aromatic nitrogens is 2. The van der Waals surface area contributed by atoms with E-state index in [-0.39, 0.29) is 5.39 Å². The van der Waals surface area contributed by atoms with Gasteiger partial charge in [-0.3, -0.25) is 9.36 Å². The van der Waals surface area contributed by atoms with Crippen LogP contribution in [0.2, 0.25) is 0 Å². The summed E-state index contributed by atoms with van der Waals surface area (Å²) in [5.74, 6) is -0.454. The van der Waals surface area contributed by atoms with Gasteiger partial charge >= 0.3 is 6.36 Å². The molecular formula is C15H9F3N2O2. The highest BCUT2D eigenvalue weighted by atomic mass is 19.4. The highest BCUT2D eigenvalue weighted by Gasteiger charge is 2.31. The van der Waals surface area contributed by atoms with E-state index in [9.17, 15) is 18.0 Å². The highest BCUT2D eigenvalue weighted by molar-refractivity contribution is 5.79. The fourth-order valence-corrected chi connectivity index (χ4v) is 2.07. The van der Waals surface area contributed by atoms with Crippen molar-refractivity contribution in [3.05, 3.63) is 65.2 Å². The summed E-state index contributed by atoms with van der Waals surface area (Å²) in [6, 6.07) is 12.2. The Labute approximate surface area is 122 Å². The van der Waals surface area contributed by atoms with Gasteiger partial charge in [0.1, 0.15) is 12.1 Å². The molecule has 0 saturated heterocycles. The highest BCUT2D eigenvalue weighted by Crippen LogP contribution is 2.24. The minimum absolute atomic E-state index is 0.0492. The number of rotatable bonds is 2. The molecule has 4 nitrogen and oxygen atoms in total. The monoisotopic (exact) mass is 306 g/mol. The van der Waals surface area contributed by atoms with Crippen molar-refractivity contribution in [2.24, 2.45) is 0 Å². The van der Waals surface area contributed by atoms with E-state index >= 15 is 0 Å². The van der Waals surface area contributed by atoms with E-state index in [1.165, 1.54) is 17.0 Å². The molecule has 0 unspecified atom stereocenters. The predicted octanol–water partition coefficient (Wildman–Crippen LogP) is 3.28. The van der Waals surface area contributed by atoms with Gasteiger partial charge in [0.25, 0.3) is 5.56 Å². The van der Waals surface area contributed by atoms with Gasteiger partial charge in [-0.25, -0.2) is 4.98 Å². The Bertz CT molecular complexity index is 873. The van der Waals surface area contributed by atoms with Crippen LogP contribution in [-0.4, -0.2) is 15.9 Å². The fourth-order valence-electron chi connectivity index (χ4n) is 2.07. The fraction of sp³-hybridized carbons (Fsp3) is 0.0667. The van der Waals surface area contributed by atoms with Crippen LogP contribution in [0.1, 0.15) is 0 Å². The average Bonchev–Trinajstić information content (AvgIpc) is 2.47. The molecule has 3 aromatic rings. The predicted molar refractivity (Wildman–Crippen MR) is 74.0 cm³/mol. The molecule has 0 bridgehead atoms. The van der Waals surface area contributed by atoms with Crippen molar-refractivity contribution in [3.8, 4) is 11.4 Å². The van der Waals surface area contributed by atoms with Gasteiger partial charge in [0, 0.05) is 0 Å². The summed E-state index contributed by atoms with van der Waals surface area (Å²) >= 11 is 0. The summed E-state index contributed by atoms with van der Waals surface area (Å²) in [5.41, 5.74) is 0.402. The molecule has 0 amide bonds. The van der Waals surface area contributed by atoms with Crippen LogP contribution in [0, 0.1) is 0 Å². The molecule has 3 rings (SSSR count). The summed E-state index contributed by atoms with van der Waals surface area (Å²) in [6.45, 7) is 0. The number of ether oxygens (including phenoxy) is 1. The van der Waals surface area contributed by atoms with Gasteiger partial charge in [-0.2, -0.15) is 0 Å². The van der Waals surface area contributed by atoms with Crippen molar-refractivity contribution in [3.63, 3.8) is 0 Å². The average molecular weight is 306 g/mol. The van der Waals surface area contributed by atoms with Crippen molar-refractivity contribution in [1.82, 2.24) is 9.55 Å². The van der Waals surface area contributed by atoms with E-state index in [1.807, 2.05) is 0 Å². The Balaban J connectivity index is 2.15. The molecule has 1 aromatic heterocycles. The number of alkyl halides is 3. The second-order valence-electron chi connectivity index (χ2n) is 4.48. The molecule has 7 heteroatoms. The van der Waals surface area contributed by atoms with Crippen LogP contribution in [0.4, 0.5) is 13.2 Å². The quantitative estimate of drug-likeness (QED) is 0.730. The smallest absolute Gasteiger partial charge is 0.406 e. The number of fused-ring (bicyclic) bond motifs is 1. The SMILES string of the molecule is O=c1c2cc(OC(F)(F)F)ccc2ncn1-c1ccccc1. The molecule has 0 saturated carbocycles. The number of para-hydroxylation sites is 1. The van der Waals surface area contributed by atoms with E-state index < -0.39 is 17.7 Å².